The molecule has 1 aliphatic heterocycles. The Morgan fingerprint density at radius 3 is 2.26 bits per heavy atom. The molecule has 0 bridgehead atoms. The van der Waals surface area contributed by atoms with Crippen LogP contribution in [0.2, 0.25) is 0 Å². The van der Waals surface area contributed by atoms with Gasteiger partial charge in [0.2, 0.25) is 0 Å². The second-order valence-electron chi connectivity index (χ2n) is 11.6. The van der Waals surface area contributed by atoms with Crippen LogP contribution in [0.1, 0.15) is 46.7 Å². The van der Waals surface area contributed by atoms with E-state index in [0.29, 0.717) is 24.4 Å². The minimum Gasteiger partial charge on any atom is -0.444 e. The average molecular weight is 552 g/mol. The van der Waals surface area contributed by atoms with Gasteiger partial charge in [-0.2, -0.15) is 0 Å². The highest BCUT2D eigenvalue weighted by Crippen LogP contribution is 2.35. The average Bonchev–Trinajstić information content (AvgIpc) is 3.24. The molecule has 2 aromatic carbocycles. The summed E-state index contributed by atoms with van der Waals surface area (Å²) in [7, 11) is -1.58. The van der Waals surface area contributed by atoms with Gasteiger partial charge in [0, 0.05) is 31.0 Å². The largest absolute Gasteiger partial charge is 0.444 e. The Morgan fingerprint density at radius 2 is 1.67 bits per heavy atom. The summed E-state index contributed by atoms with van der Waals surface area (Å²) >= 11 is 0. The molecule has 1 aromatic heterocycles. The number of piperazine rings is 1. The maximum absolute atomic E-state index is 14.5. The first-order valence-electron chi connectivity index (χ1n) is 13.6. The minimum absolute atomic E-state index is 0.244. The van der Waals surface area contributed by atoms with Crippen molar-refractivity contribution in [2.45, 2.75) is 70.6 Å². The summed E-state index contributed by atoms with van der Waals surface area (Å²) in [6, 6.07) is 21.5. The van der Waals surface area contributed by atoms with E-state index in [2.05, 4.69) is 18.4 Å². The normalized spacial score (nSPS) is 18.3. The number of carbonyl (C=O) groups is 1. The van der Waals surface area contributed by atoms with Gasteiger partial charge < -0.3 is 19.3 Å². The van der Waals surface area contributed by atoms with Crippen LogP contribution in [0.5, 0.6) is 0 Å². The quantitative estimate of drug-likeness (QED) is 0.403. The molecule has 7 nitrogen and oxygen atoms in total. The van der Waals surface area contributed by atoms with Crippen molar-refractivity contribution >= 4 is 17.1 Å². The lowest BCUT2D eigenvalue weighted by atomic mass is 9.98. The maximum atomic E-state index is 14.5. The highest BCUT2D eigenvalue weighted by Gasteiger charge is 2.40. The number of amides is 1. The Hall–Kier alpha value is -2.94. The van der Waals surface area contributed by atoms with E-state index in [4.69, 9.17) is 4.74 Å². The number of aliphatic hydroxyl groups excluding tert-OH is 1. The number of rotatable bonds is 7. The number of benzene rings is 2. The predicted octanol–water partition coefficient (Wildman–Crippen LogP) is 5.80. The number of para-hydroxylation sites is 1. The first-order chi connectivity index (χ1) is 18.5. The lowest BCUT2D eigenvalue weighted by Crippen LogP contribution is -2.59. The SMILES string of the molecule is Cc1cc(S(=O)N2CCN(C(=O)OC(C)(C)C)CC2C(O)CC(C)C)c(-c2ccccc2)n1-c1ccccc1. The van der Waals surface area contributed by atoms with E-state index >= 15 is 0 Å². The second kappa shape index (κ2) is 12.1. The van der Waals surface area contributed by atoms with Gasteiger partial charge in [0.05, 0.1) is 22.7 Å². The van der Waals surface area contributed by atoms with Gasteiger partial charge in [0.1, 0.15) is 16.6 Å². The van der Waals surface area contributed by atoms with E-state index in [9.17, 15) is 14.1 Å². The summed E-state index contributed by atoms with van der Waals surface area (Å²) < 4.78 is 24.1. The molecule has 1 amide bonds. The van der Waals surface area contributed by atoms with E-state index in [-0.39, 0.29) is 12.5 Å². The van der Waals surface area contributed by atoms with E-state index in [1.807, 2.05) is 98.7 Å². The molecule has 0 spiro atoms. The van der Waals surface area contributed by atoms with Crippen molar-refractivity contribution in [3.8, 4) is 16.9 Å². The fourth-order valence-corrected chi connectivity index (χ4v) is 6.69. The Kier molecular flexibility index (Phi) is 8.99. The van der Waals surface area contributed by atoms with Gasteiger partial charge in [-0.3, -0.25) is 0 Å². The zero-order valence-corrected chi connectivity index (χ0v) is 24.6. The van der Waals surface area contributed by atoms with Crippen molar-refractivity contribution in [2.75, 3.05) is 19.6 Å². The Morgan fingerprint density at radius 1 is 1.05 bits per heavy atom. The molecule has 1 N–H and O–H groups in total. The van der Waals surface area contributed by atoms with Crippen LogP contribution in [0, 0.1) is 12.8 Å². The number of ether oxygens (including phenoxy) is 1. The van der Waals surface area contributed by atoms with Crippen molar-refractivity contribution < 1.29 is 18.8 Å². The van der Waals surface area contributed by atoms with Crippen LogP contribution in [0.3, 0.4) is 0 Å². The number of aromatic nitrogens is 1. The number of aliphatic hydroxyl groups is 1. The van der Waals surface area contributed by atoms with Crippen molar-refractivity contribution in [1.29, 1.82) is 0 Å². The summed E-state index contributed by atoms with van der Waals surface area (Å²) in [4.78, 5) is 15.2. The summed E-state index contributed by atoms with van der Waals surface area (Å²) in [5, 5.41) is 11.3. The zero-order chi connectivity index (χ0) is 28.3. The van der Waals surface area contributed by atoms with E-state index in [0.717, 1.165) is 22.6 Å². The number of nitrogens with zero attached hydrogens (tertiary/aromatic N) is 3. The van der Waals surface area contributed by atoms with Crippen LogP contribution in [0.15, 0.2) is 71.6 Å². The molecular formula is C31H41N3O4S. The molecule has 3 unspecified atom stereocenters. The maximum Gasteiger partial charge on any atom is 0.410 e. The lowest BCUT2D eigenvalue weighted by Gasteiger charge is -2.42. The topological polar surface area (TPSA) is 75.0 Å². The molecular weight excluding hydrogens is 510 g/mol. The summed E-state index contributed by atoms with van der Waals surface area (Å²) in [5.41, 5.74) is 3.16. The minimum atomic E-state index is -1.58. The van der Waals surface area contributed by atoms with Crippen LogP contribution in [0.25, 0.3) is 16.9 Å². The highest BCUT2D eigenvalue weighted by atomic mass is 32.2. The van der Waals surface area contributed by atoms with Crippen molar-refractivity contribution in [3.63, 3.8) is 0 Å². The van der Waals surface area contributed by atoms with Crippen LogP contribution >= 0.6 is 0 Å². The predicted molar refractivity (Wildman–Crippen MR) is 156 cm³/mol. The van der Waals surface area contributed by atoms with Crippen molar-refractivity contribution in [1.82, 2.24) is 13.8 Å². The fraction of sp³-hybridized carbons (Fsp3) is 0.452. The summed E-state index contributed by atoms with van der Waals surface area (Å²) in [6.07, 6.45) is -0.627. The third-order valence-corrected chi connectivity index (χ3v) is 8.36. The molecule has 0 radical (unpaired) electrons. The molecule has 0 saturated carbocycles. The highest BCUT2D eigenvalue weighted by molar-refractivity contribution is 7.82. The summed E-state index contributed by atoms with van der Waals surface area (Å²) in [5.74, 6) is 0.244. The third kappa shape index (κ3) is 6.80. The first-order valence-corrected chi connectivity index (χ1v) is 14.7. The van der Waals surface area contributed by atoms with Crippen LogP contribution in [-0.2, 0) is 15.7 Å². The number of aryl methyl sites for hydroxylation is 1. The molecule has 3 aromatic rings. The molecule has 1 fully saturated rings. The summed E-state index contributed by atoms with van der Waals surface area (Å²) in [6.45, 7) is 12.6. The molecule has 39 heavy (non-hydrogen) atoms. The molecule has 0 aliphatic carbocycles. The van der Waals surface area contributed by atoms with Crippen molar-refractivity contribution in [2.24, 2.45) is 5.92 Å². The lowest BCUT2D eigenvalue weighted by molar-refractivity contribution is -0.00589. The Balaban J connectivity index is 1.74. The van der Waals surface area contributed by atoms with E-state index < -0.39 is 34.8 Å². The van der Waals surface area contributed by atoms with Gasteiger partial charge in [-0.1, -0.05) is 62.4 Å². The molecule has 8 heteroatoms. The van der Waals surface area contributed by atoms with Crippen LogP contribution in [0.4, 0.5) is 4.79 Å². The number of hydrogen-bond donors (Lipinski definition) is 1. The molecule has 210 valence electrons. The van der Waals surface area contributed by atoms with Crippen molar-refractivity contribution in [3.05, 3.63) is 72.4 Å². The Bertz CT molecular complexity index is 1280. The van der Waals surface area contributed by atoms with E-state index in [1.54, 1.807) is 4.90 Å². The fourth-order valence-electron chi connectivity index (χ4n) is 5.09. The van der Waals surface area contributed by atoms with Crippen LogP contribution in [-0.4, -0.2) is 66.6 Å². The molecule has 3 atom stereocenters. The van der Waals surface area contributed by atoms with Gasteiger partial charge in [0.15, 0.2) is 0 Å². The Labute approximate surface area is 235 Å². The number of carbonyl (C=O) groups excluding carboxylic acids is 1. The first kappa shape index (κ1) is 29.1. The van der Waals surface area contributed by atoms with Gasteiger partial charge in [-0.25, -0.2) is 13.3 Å². The molecule has 4 rings (SSSR count). The monoisotopic (exact) mass is 551 g/mol. The van der Waals surface area contributed by atoms with Gasteiger partial charge in [-0.05, 0) is 63.8 Å². The third-order valence-electron chi connectivity index (χ3n) is 6.79. The molecule has 2 heterocycles. The van der Waals surface area contributed by atoms with Gasteiger partial charge in [0.25, 0.3) is 0 Å². The van der Waals surface area contributed by atoms with Crippen LogP contribution < -0.4 is 0 Å². The smallest absolute Gasteiger partial charge is 0.410 e. The van der Waals surface area contributed by atoms with E-state index in [1.165, 1.54) is 0 Å². The molecule has 1 saturated heterocycles. The zero-order valence-electron chi connectivity index (χ0n) is 23.8. The van der Waals surface area contributed by atoms with Gasteiger partial charge in [-0.15, -0.1) is 0 Å². The number of hydrogen-bond acceptors (Lipinski definition) is 4. The van der Waals surface area contributed by atoms with Gasteiger partial charge >= 0.3 is 6.09 Å². The standard InChI is InChI=1S/C31H41N3O4S/c1-22(2)19-27(35)26-21-32(30(36)38-31(4,5)6)17-18-33(26)39(37)28-20-23(3)34(25-15-11-8-12-16-25)29(28)24-13-9-7-10-14-24/h7-16,20,22,26-27,35H,17-19,21H2,1-6H3. The molecule has 1 aliphatic rings. The second-order valence-corrected chi connectivity index (χ2v) is 13.0.